The first-order valence-electron chi connectivity index (χ1n) is 5.59. The van der Waals surface area contributed by atoms with E-state index >= 15 is 0 Å². The Kier molecular flexibility index (Phi) is 3.83. The standard InChI is InChI=1S/C14H8I2N2O/c15-11-7-3-1-5-9(11)13-17-18-14(19-13)10-6-2-4-8-12(10)16/h1-8H. The number of rotatable bonds is 2. The van der Waals surface area contributed by atoms with Gasteiger partial charge >= 0.3 is 0 Å². The molecule has 3 aromatic rings. The molecule has 0 fully saturated rings. The Bertz CT molecular complexity index is 665. The number of nitrogens with zero attached hydrogens (tertiary/aromatic N) is 2. The molecule has 0 N–H and O–H groups in total. The summed E-state index contributed by atoms with van der Waals surface area (Å²) in [5.41, 5.74) is 1.93. The van der Waals surface area contributed by atoms with E-state index in [2.05, 4.69) is 55.4 Å². The number of hydrogen-bond acceptors (Lipinski definition) is 3. The minimum atomic E-state index is 0.555. The lowest BCUT2D eigenvalue weighted by atomic mass is 10.2. The zero-order valence-electron chi connectivity index (χ0n) is 9.68. The van der Waals surface area contributed by atoms with Crippen LogP contribution in [0.5, 0.6) is 0 Å². The third-order valence-electron chi connectivity index (χ3n) is 2.63. The van der Waals surface area contributed by atoms with Crippen molar-refractivity contribution in [2.75, 3.05) is 0 Å². The topological polar surface area (TPSA) is 38.9 Å². The summed E-state index contributed by atoms with van der Waals surface area (Å²) in [6, 6.07) is 15.9. The highest BCUT2D eigenvalue weighted by molar-refractivity contribution is 14.1. The summed E-state index contributed by atoms with van der Waals surface area (Å²) in [5, 5.41) is 8.28. The molecule has 3 nitrogen and oxygen atoms in total. The van der Waals surface area contributed by atoms with Gasteiger partial charge in [0.2, 0.25) is 11.8 Å². The van der Waals surface area contributed by atoms with Crippen LogP contribution in [0.2, 0.25) is 0 Å². The fourth-order valence-electron chi connectivity index (χ4n) is 1.71. The molecule has 0 aliphatic carbocycles. The number of benzene rings is 2. The second-order valence-corrected chi connectivity index (χ2v) is 6.20. The van der Waals surface area contributed by atoms with Gasteiger partial charge < -0.3 is 4.42 Å². The van der Waals surface area contributed by atoms with Crippen molar-refractivity contribution in [2.45, 2.75) is 0 Å². The SMILES string of the molecule is Ic1ccccc1-c1nnc(-c2ccccc2I)o1. The van der Waals surface area contributed by atoms with Crippen molar-refractivity contribution in [3.63, 3.8) is 0 Å². The summed E-state index contributed by atoms with van der Waals surface area (Å²) in [6.45, 7) is 0. The maximum Gasteiger partial charge on any atom is 0.249 e. The molecule has 0 unspecified atom stereocenters. The highest BCUT2D eigenvalue weighted by Crippen LogP contribution is 2.29. The van der Waals surface area contributed by atoms with Gasteiger partial charge in [0, 0.05) is 7.14 Å². The average molecular weight is 474 g/mol. The van der Waals surface area contributed by atoms with E-state index in [-0.39, 0.29) is 0 Å². The van der Waals surface area contributed by atoms with Crippen molar-refractivity contribution < 1.29 is 4.42 Å². The van der Waals surface area contributed by atoms with E-state index in [9.17, 15) is 0 Å². The summed E-state index contributed by atoms with van der Waals surface area (Å²) in [4.78, 5) is 0. The first-order valence-corrected chi connectivity index (χ1v) is 7.75. The van der Waals surface area contributed by atoms with Crippen molar-refractivity contribution in [1.29, 1.82) is 0 Å². The first kappa shape index (κ1) is 13.0. The van der Waals surface area contributed by atoms with Crippen LogP contribution in [0.3, 0.4) is 0 Å². The smallest absolute Gasteiger partial charge is 0.249 e. The second-order valence-electron chi connectivity index (χ2n) is 3.87. The van der Waals surface area contributed by atoms with Crippen LogP contribution in [0.25, 0.3) is 22.9 Å². The molecule has 0 aliphatic heterocycles. The van der Waals surface area contributed by atoms with Gasteiger partial charge in [-0.3, -0.25) is 0 Å². The molecule has 3 rings (SSSR count). The van der Waals surface area contributed by atoms with Crippen LogP contribution in [0.4, 0.5) is 0 Å². The van der Waals surface area contributed by atoms with Crippen LogP contribution in [-0.4, -0.2) is 10.2 Å². The summed E-state index contributed by atoms with van der Waals surface area (Å²) in [5.74, 6) is 1.11. The van der Waals surface area contributed by atoms with Gasteiger partial charge in [-0.2, -0.15) is 0 Å². The fourth-order valence-corrected chi connectivity index (χ4v) is 2.95. The Hall–Kier alpha value is -0.960. The normalized spacial score (nSPS) is 10.6. The summed E-state index contributed by atoms with van der Waals surface area (Å²) in [7, 11) is 0. The molecule has 0 bridgehead atoms. The molecule has 0 amide bonds. The third kappa shape index (κ3) is 2.66. The molecule has 0 saturated heterocycles. The monoisotopic (exact) mass is 474 g/mol. The number of hydrogen-bond donors (Lipinski definition) is 0. The Morgan fingerprint density at radius 3 is 1.53 bits per heavy atom. The van der Waals surface area contributed by atoms with E-state index in [0.717, 1.165) is 18.3 Å². The zero-order chi connectivity index (χ0) is 13.2. The number of halogens is 2. The van der Waals surface area contributed by atoms with Gasteiger partial charge in [-0.15, -0.1) is 10.2 Å². The Labute approximate surface area is 137 Å². The molecular formula is C14H8I2N2O. The van der Waals surface area contributed by atoms with Crippen molar-refractivity contribution >= 4 is 45.2 Å². The molecule has 0 saturated carbocycles. The highest BCUT2D eigenvalue weighted by atomic mass is 127. The van der Waals surface area contributed by atoms with E-state index in [0.29, 0.717) is 11.8 Å². The van der Waals surface area contributed by atoms with Gasteiger partial charge in [-0.1, -0.05) is 24.3 Å². The molecule has 0 radical (unpaired) electrons. The molecule has 2 aromatic carbocycles. The van der Waals surface area contributed by atoms with Gasteiger partial charge in [0.15, 0.2) is 0 Å². The molecular weight excluding hydrogens is 466 g/mol. The highest BCUT2D eigenvalue weighted by Gasteiger charge is 2.13. The fraction of sp³-hybridized carbons (Fsp3) is 0. The van der Waals surface area contributed by atoms with Crippen molar-refractivity contribution in [1.82, 2.24) is 10.2 Å². The maximum atomic E-state index is 5.79. The molecule has 1 aromatic heterocycles. The van der Waals surface area contributed by atoms with E-state index < -0.39 is 0 Å². The van der Waals surface area contributed by atoms with Gasteiger partial charge in [-0.05, 0) is 69.4 Å². The Balaban J connectivity index is 2.06. The van der Waals surface area contributed by atoms with E-state index in [1.807, 2.05) is 48.5 Å². The van der Waals surface area contributed by atoms with Crippen LogP contribution in [0.15, 0.2) is 52.9 Å². The Morgan fingerprint density at radius 2 is 1.11 bits per heavy atom. The lowest BCUT2D eigenvalue weighted by Crippen LogP contribution is -1.81. The molecule has 5 heteroatoms. The molecule has 94 valence electrons. The summed E-state index contributed by atoms with van der Waals surface area (Å²) in [6.07, 6.45) is 0. The van der Waals surface area contributed by atoms with Gasteiger partial charge in [-0.25, -0.2) is 0 Å². The lowest BCUT2D eigenvalue weighted by Gasteiger charge is -1.99. The van der Waals surface area contributed by atoms with Crippen LogP contribution >= 0.6 is 45.2 Å². The predicted octanol–water partition coefficient (Wildman–Crippen LogP) is 4.61. The summed E-state index contributed by atoms with van der Waals surface area (Å²) >= 11 is 4.53. The van der Waals surface area contributed by atoms with Crippen molar-refractivity contribution in [3.8, 4) is 22.9 Å². The van der Waals surface area contributed by atoms with Crippen LogP contribution in [0.1, 0.15) is 0 Å². The largest absolute Gasteiger partial charge is 0.416 e. The van der Waals surface area contributed by atoms with Gasteiger partial charge in [0.25, 0.3) is 0 Å². The predicted molar refractivity (Wildman–Crippen MR) is 90.6 cm³/mol. The van der Waals surface area contributed by atoms with Crippen molar-refractivity contribution in [2.24, 2.45) is 0 Å². The molecule has 0 spiro atoms. The third-order valence-corrected chi connectivity index (χ3v) is 4.51. The Morgan fingerprint density at radius 1 is 0.684 bits per heavy atom. The minimum Gasteiger partial charge on any atom is -0.416 e. The number of aromatic nitrogens is 2. The van der Waals surface area contributed by atoms with Crippen molar-refractivity contribution in [3.05, 3.63) is 55.7 Å². The van der Waals surface area contributed by atoms with Crippen LogP contribution in [0, 0.1) is 7.14 Å². The quantitative estimate of drug-likeness (QED) is 0.510. The van der Waals surface area contributed by atoms with Gasteiger partial charge in [0.05, 0.1) is 11.1 Å². The van der Waals surface area contributed by atoms with E-state index in [1.54, 1.807) is 0 Å². The lowest BCUT2D eigenvalue weighted by molar-refractivity contribution is 0.584. The zero-order valence-corrected chi connectivity index (χ0v) is 14.0. The first-order chi connectivity index (χ1) is 9.25. The van der Waals surface area contributed by atoms with Crippen LogP contribution in [-0.2, 0) is 0 Å². The second kappa shape index (κ2) is 5.58. The average Bonchev–Trinajstić information content (AvgIpc) is 2.89. The summed E-state index contributed by atoms with van der Waals surface area (Å²) < 4.78 is 7.98. The molecule has 0 atom stereocenters. The van der Waals surface area contributed by atoms with Gasteiger partial charge in [0.1, 0.15) is 0 Å². The molecule has 19 heavy (non-hydrogen) atoms. The molecule has 0 aliphatic rings. The minimum absolute atomic E-state index is 0.555. The van der Waals surface area contributed by atoms with E-state index in [1.165, 1.54) is 0 Å². The maximum absolute atomic E-state index is 5.79. The van der Waals surface area contributed by atoms with Crippen LogP contribution < -0.4 is 0 Å². The van der Waals surface area contributed by atoms with E-state index in [4.69, 9.17) is 4.42 Å². The molecule has 1 heterocycles.